The zero-order valence-corrected chi connectivity index (χ0v) is 20.2. The summed E-state index contributed by atoms with van der Waals surface area (Å²) in [6.07, 6.45) is -1.69. The van der Waals surface area contributed by atoms with Crippen molar-refractivity contribution in [1.82, 2.24) is 4.90 Å². The Balaban J connectivity index is 0.00000306. The first-order chi connectivity index (χ1) is 15.3. The van der Waals surface area contributed by atoms with Crippen LogP contribution in [0.1, 0.15) is 31.7 Å². The van der Waals surface area contributed by atoms with E-state index in [1.165, 1.54) is 23.9 Å². The van der Waals surface area contributed by atoms with E-state index in [4.69, 9.17) is 9.84 Å². The molecule has 4 nitrogen and oxygen atoms in total. The first-order valence-electron chi connectivity index (χ1n) is 11.0. The van der Waals surface area contributed by atoms with Gasteiger partial charge in [-0.2, -0.15) is 13.2 Å². The van der Waals surface area contributed by atoms with Gasteiger partial charge >= 0.3 is 6.18 Å². The smallest absolute Gasteiger partial charge is 0.394 e. The molecule has 2 aromatic rings. The van der Waals surface area contributed by atoms with Gasteiger partial charge in [0.05, 0.1) is 35.8 Å². The highest BCUT2D eigenvalue weighted by Gasteiger charge is 2.34. The van der Waals surface area contributed by atoms with E-state index in [0.717, 1.165) is 54.4 Å². The number of fused-ring (bicyclic) bond motifs is 2. The maximum atomic E-state index is 13.4. The molecule has 9 heteroatoms. The molecule has 0 aliphatic carbocycles. The molecule has 0 saturated carbocycles. The lowest BCUT2D eigenvalue weighted by Gasteiger charge is -2.39. The Morgan fingerprint density at radius 2 is 1.73 bits per heavy atom. The van der Waals surface area contributed by atoms with E-state index in [1.807, 2.05) is 29.2 Å². The third kappa shape index (κ3) is 6.17. The van der Waals surface area contributed by atoms with Gasteiger partial charge in [-0.15, -0.1) is 12.4 Å². The van der Waals surface area contributed by atoms with Crippen LogP contribution >= 0.6 is 24.2 Å². The number of ether oxygens (including phenoxy) is 1. The number of piperidine rings is 1. The average molecular weight is 503 g/mol. The fourth-order valence-electron chi connectivity index (χ4n) is 4.38. The quantitative estimate of drug-likeness (QED) is 0.503. The van der Waals surface area contributed by atoms with Crippen molar-refractivity contribution in [2.24, 2.45) is 0 Å². The van der Waals surface area contributed by atoms with Crippen LogP contribution in [-0.4, -0.2) is 55.0 Å². The van der Waals surface area contributed by atoms with Gasteiger partial charge in [0.1, 0.15) is 0 Å². The number of halogens is 4. The summed E-state index contributed by atoms with van der Waals surface area (Å²) in [4.78, 5) is 6.34. The van der Waals surface area contributed by atoms with Gasteiger partial charge in [0.15, 0.2) is 0 Å². The number of aliphatic hydroxyl groups is 1. The molecule has 2 aromatic carbocycles. The summed E-state index contributed by atoms with van der Waals surface area (Å²) in [6, 6.07) is 11.9. The van der Waals surface area contributed by atoms with Crippen molar-refractivity contribution in [2.45, 2.75) is 47.8 Å². The predicted molar refractivity (Wildman–Crippen MR) is 128 cm³/mol. The van der Waals surface area contributed by atoms with Gasteiger partial charge in [-0.25, -0.2) is 0 Å². The van der Waals surface area contributed by atoms with Gasteiger partial charge in [-0.1, -0.05) is 23.9 Å². The highest BCUT2D eigenvalue weighted by Crippen LogP contribution is 2.49. The van der Waals surface area contributed by atoms with Crippen LogP contribution in [0.15, 0.2) is 52.3 Å². The molecular weight excluding hydrogens is 473 g/mol. The Kier molecular flexibility index (Phi) is 8.61. The van der Waals surface area contributed by atoms with Gasteiger partial charge in [-0.3, -0.25) is 0 Å². The summed E-state index contributed by atoms with van der Waals surface area (Å²) in [5, 5.41) is 9.00. The van der Waals surface area contributed by atoms with Crippen LogP contribution in [-0.2, 0) is 10.9 Å². The normalized spacial score (nSPS) is 17.8. The van der Waals surface area contributed by atoms with Crippen LogP contribution in [0.4, 0.5) is 24.5 Å². The average Bonchev–Trinajstić information content (AvgIpc) is 2.78. The Bertz CT molecular complexity index is 936. The van der Waals surface area contributed by atoms with Crippen molar-refractivity contribution < 1.29 is 23.0 Å². The number of rotatable bonds is 7. The van der Waals surface area contributed by atoms with Gasteiger partial charge in [0.25, 0.3) is 0 Å². The van der Waals surface area contributed by atoms with E-state index in [0.29, 0.717) is 18.8 Å². The number of hydrogen-bond donors (Lipinski definition) is 1. The molecule has 1 N–H and O–H groups in total. The van der Waals surface area contributed by atoms with Crippen LogP contribution in [0.25, 0.3) is 0 Å². The van der Waals surface area contributed by atoms with E-state index in [2.05, 4.69) is 11.8 Å². The monoisotopic (exact) mass is 502 g/mol. The number of hydrogen-bond acceptors (Lipinski definition) is 5. The number of aliphatic hydroxyl groups excluding tert-OH is 1. The molecule has 0 radical (unpaired) electrons. The van der Waals surface area contributed by atoms with Crippen LogP contribution in [0, 0.1) is 0 Å². The molecule has 33 heavy (non-hydrogen) atoms. The van der Waals surface area contributed by atoms with Crippen molar-refractivity contribution >= 4 is 35.5 Å². The number of nitrogens with zero attached hydrogens (tertiary/aromatic N) is 2. The van der Waals surface area contributed by atoms with E-state index in [9.17, 15) is 13.2 Å². The Hall–Kier alpha value is -1.45. The van der Waals surface area contributed by atoms with E-state index in [-0.39, 0.29) is 24.6 Å². The molecule has 0 amide bonds. The second-order valence-electron chi connectivity index (χ2n) is 8.62. The molecule has 1 saturated heterocycles. The number of benzene rings is 2. The fraction of sp³-hybridized carbons (Fsp3) is 0.500. The number of anilines is 2. The third-order valence-electron chi connectivity index (χ3n) is 6.26. The van der Waals surface area contributed by atoms with E-state index >= 15 is 0 Å². The third-order valence-corrected chi connectivity index (χ3v) is 7.39. The highest BCUT2D eigenvalue weighted by molar-refractivity contribution is 7.99. The zero-order valence-electron chi connectivity index (χ0n) is 18.6. The molecule has 2 heterocycles. The van der Waals surface area contributed by atoms with Gasteiger partial charge < -0.3 is 19.6 Å². The van der Waals surface area contributed by atoms with Crippen LogP contribution in [0.5, 0.6) is 0 Å². The number of alkyl halides is 3. The molecular formula is C24H30ClF3N2O2S. The molecule has 2 aliphatic rings. The maximum Gasteiger partial charge on any atom is 0.416 e. The van der Waals surface area contributed by atoms with Crippen LogP contribution in [0.2, 0.25) is 0 Å². The van der Waals surface area contributed by atoms with Gasteiger partial charge in [-0.05, 0) is 63.1 Å². The minimum atomic E-state index is -4.36. The molecule has 2 aliphatic heterocycles. The van der Waals surface area contributed by atoms with Crippen LogP contribution < -0.4 is 4.90 Å². The van der Waals surface area contributed by atoms with Gasteiger partial charge in [0.2, 0.25) is 0 Å². The SMILES string of the molecule is CC1(OCCO)CCN(CCCN2c3ccccc3Sc3ccc(C(F)(F)F)cc32)CC1.Cl. The summed E-state index contributed by atoms with van der Waals surface area (Å²) < 4.78 is 45.9. The second-order valence-corrected chi connectivity index (χ2v) is 9.70. The predicted octanol–water partition coefficient (Wildman–Crippen LogP) is 5.98. The van der Waals surface area contributed by atoms with Crippen LogP contribution in [0.3, 0.4) is 0 Å². The molecule has 1 fully saturated rings. The molecule has 0 unspecified atom stereocenters. The molecule has 0 atom stereocenters. The standard InChI is InChI=1S/C24H29F3N2O2S.ClH/c1-23(31-16-15-30)9-13-28(14-10-23)11-4-12-29-19-5-2-3-6-21(19)32-22-8-7-18(17-20(22)29)24(25,26)27;/h2-3,5-8,17,30H,4,9-16H2,1H3;1H. The summed E-state index contributed by atoms with van der Waals surface area (Å²) in [5.41, 5.74) is 0.800. The Morgan fingerprint density at radius 3 is 2.42 bits per heavy atom. The van der Waals surface area contributed by atoms with E-state index < -0.39 is 11.7 Å². The zero-order chi connectivity index (χ0) is 22.8. The maximum absolute atomic E-state index is 13.4. The lowest BCUT2D eigenvalue weighted by atomic mass is 9.93. The topological polar surface area (TPSA) is 35.9 Å². The fourth-order valence-corrected chi connectivity index (χ4v) is 5.46. The number of para-hydroxylation sites is 1. The van der Waals surface area contributed by atoms with E-state index in [1.54, 1.807) is 6.07 Å². The van der Waals surface area contributed by atoms with Crippen molar-refractivity contribution in [2.75, 3.05) is 44.3 Å². The van der Waals surface area contributed by atoms with Crippen molar-refractivity contribution in [3.05, 3.63) is 48.0 Å². The lowest BCUT2D eigenvalue weighted by molar-refractivity contribution is -0.137. The van der Waals surface area contributed by atoms with Gasteiger partial charge in [0, 0.05) is 29.4 Å². The second kappa shape index (κ2) is 10.9. The molecule has 4 rings (SSSR count). The lowest BCUT2D eigenvalue weighted by Crippen LogP contribution is -2.45. The number of likely N-dealkylation sites (tertiary alicyclic amines) is 1. The molecule has 0 aromatic heterocycles. The van der Waals surface area contributed by atoms with Crippen molar-refractivity contribution in [3.63, 3.8) is 0 Å². The minimum Gasteiger partial charge on any atom is -0.394 e. The minimum absolute atomic E-state index is 0. The first kappa shape index (κ1) is 26.2. The summed E-state index contributed by atoms with van der Waals surface area (Å²) in [7, 11) is 0. The largest absolute Gasteiger partial charge is 0.416 e. The molecule has 0 bridgehead atoms. The Morgan fingerprint density at radius 1 is 1.03 bits per heavy atom. The summed E-state index contributed by atoms with van der Waals surface area (Å²) >= 11 is 1.52. The van der Waals surface area contributed by atoms with Crippen molar-refractivity contribution in [3.8, 4) is 0 Å². The molecule has 182 valence electrons. The summed E-state index contributed by atoms with van der Waals surface area (Å²) in [5.74, 6) is 0. The Labute approximate surface area is 203 Å². The first-order valence-corrected chi connectivity index (χ1v) is 11.8. The highest BCUT2D eigenvalue weighted by atomic mass is 35.5. The molecule has 0 spiro atoms. The van der Waals surface area contributed by atoms with Crippen molar-refractivity contribution in [1.29, 1.82) is 0 Å². The summed E-state index contributed by atoms with van der Waals surface area (Å²) in [6.45, 7) is 5.87.